The van der Waals surface area contributed by atoms with E-state index in [1.165, 1.54) is 0 Å². The second-order valence-corrected chi connectivity index (χ2v) is 4.40. The zero-order valence-corrected chi connectivity index (χ0v) is 11.0. The molecule has 2 aromatic carbocycles. The van der Waals surface area contributed by atoms with Gasteiger partial charge in [0.25, 0.3) is 0 Å². The topological polar surface area (TPSA) is 104 Å². The normalized spacial score (nSPS) is 9.90. The number of amides is 2. The summed E-state index contributed by atoms with van der Waals surface area (Å²) in [5.41, 5.74) is 2.90. The number of hydrogen-bond acceptors (Lipinski definition) is 4. The van der Waals surface area contributed by atoms with Crippen LogP contribution in [0.15, 0.2) is 48.5 Å². The van der Waals surface area contributed by atoms with Gasteiger partial charge >= 0.3 is 0 Å². The quantitative estimate of drug-likeness (QED) is 0.865. The molecule has 0 aliphatic heterocycles. The van der Waals surface area contributed by atoms with Crippen molar-refractivity contribution in [1.29, 1.82) is 0 Å². The van der Waals surface area contributed by atoms with Crippen molar-refractivity contribution in [3.8, 4) is 0 Å². The van der Waals surface area contributed by atoms with E-state index in [1.807, 2.05) is 0 Å². The van der Waals surface area contributed by atoms with Crippen LogP contribution in [0.25, 0.3) is 0 Å². The molecule has 21 heavy (non-hydrogen) atoms. The standard InChI is InChI=1S/C15H14N2O4/c18-14(19)16-12-5-1-10(2-6-12)9-11-3-7-13(8-4-11)17-15(20)21/h1-8,16-17H,9H2,(H,18,19)(H,20,21)/p-2. The van der Waals surface area contributed by atoms with Gasteiger partial charge in [-0.25, -0.2) is 0 Å². The molecule has 0 aliphatic carbocycles. The average Bonchev–Trinajstić information content (AvgIpc) is 2.42. The minimum Gasteiger partial charge on any atom is -0.530 e. The van der Waals surface area contributed by atoms with Gasteiger partial charge in [-0.3, -0.25) is 0 Å². The van der Waals surface area contributed by atoms with E-state index in [0.717, 1.165) is 11.1 Å². The summed E-state index contributed by atoms with van der Waals surface area (Å²) in [7, 11) is 0. The molecule has 0 saturated heterocycles. The molecule has 2 amide bonds. The third-order valence-electron chi connectivity index (χ3n) is 2.81. The van der Waals surface area contributed by atoms with Crippen LogP contribution in [0.4, 0.5) is 21.0 Å². The van der Waals surface area contributed by atoms with Gasteiger partial charge in [0.1, 0.15) is 12.2 Å². The number of benzene rings is 2. The summed E-state index contributed by atoms with van der Waals surface area (Å²) in [5, 5.41) is 25.1. The van der Waals surface area contributed by atoms with Crippen molar-refractivity contribution in [2.45, 2.75) is 6.42 Å². The fraction of sp³-hybridized carbons (Fsp3) is 0.0667. The molecule has 0 atom stereocenters. The Balaban J connectivity index is 2.01. The van der Waals surface area contributed by atoms with Gasteiger partial charge in [-0.05, 0) is 41.8 Å². The van der Waals surface area contributed by atoms with Crippen molar-refractivity contribution in [1.82, 2.24) is 0 Å². The maximum Gasteiger partial charge on any atom is 0.138 e. The minimum atomic E-state index is -1.35. The van der Waals surface area contributed by atoms with Crippen LogP contribution in [0.5, 0.6) is 0 Å². The van der Waals surface area contributed by atoms with Gasteiger partial charge in [0.15, 0.2) is 0 Å². The Morgan fingerprint density at radius 2 is 1.05 bits per heavy atom. The zero-order valence-electron chi connectivity index (χ0n) is 11.0. The molecule has 0 bridgehead atoms. The molecule has 108 valence electrons. The first-order valence-corrected chi connectivity index (χ1v) is 6.17. The van der Waals surface area contributed by atoms with Gasteiger partial charge < -0.3 is 30.4 Å². The van der Waals surface area contributed by atoms with Crippen LogP contribution < -0.4 is 20.8 Å². The largest absolute Gasteiger partial charge is 0.530 e. The van der Waals surface area contributed by atoms with Crippen molar-refractivity contribution in [2.75, 3.05) is 10.6 Å². The highest BCUT2D eigenvalue weighted by Gasteiger charge is 1.98. The molecular formula is C15H12N2O4-2. The maximum absolute atomic E-state index is 10.4. The Bertz CT molecular complexity index is 578. The lowest BCUT2D eigenvalue weighted by Crippen LogP contribution is -2.28. The SMILES string of the molecule is O=C([O-])Nc1ccc(Cc2ccc(NC(=O)[O-])cc2)cc1. The van der Waals surface area contributed by atoms with Crippen LogP contribution in [0.2, 0.25) is 0 Å². The molecule has 0 saturated carbocycles. The number of rotatable bonds is 4. The maximum atomic E-state index is 10.4. The zero-order chi connectivity index (χ0) is 15.2. The lowest BCUT2D eigenvalue weighted by Gasteiger charge is -2.09. The summed E-state index contributed by atoms with van der Waals surface area (Å²) in [5.74, 6) is 0. The van der Waals surface area contributed by atoms with Gasteiger partial charge in [-0.2, -0.15) is 0 Å². The number of carbonyl (C=O) groups excluding carboxylic acids is 2. The van der Waals surface area contributed by atoms with E-state index in [4.69, 9.17) is 0 Å². The van der Waals surface area contributed by atoms with E-state index in [1.54, 1.807) is 48.5 Å². The first-order valence-electron chi connectivity index (χ1n) is 6.17. The van der Waals surface area contributed by atoms with Crippen LogP contribution in [-0.2, 0) is 6.42 Å². The van der Waals surface area contributed by atoms with Crippen LogP contribution in [0.1, 0.15) is 11.1 Å². The molecule has 0 fully saturated rings. The number of anilines is 2. The van der Waals surface area contributed by atoms with Crippen molar-refractivity contribution in [3.05, 3.63) is 59.7 Å². The van der Waals surface area contributed by atoms with Gasteiger partial charge in [0.05, 0.1) is 0 Å². The second-order valence-electron chi connectivity index (χ2n) is 4.40. The summed E-state index contributed by atoms with van der Waals surface area (Å²) < 4.78 is 0. The summed E-state index contributed by atoms with van der Waals surface area (Å²) in [6.07, 6.45) is -2.05. The highest BCUT2D eigenvalue weighted by atomic mass is 16.4. The minimum absolute atomic E-state index is 0.451. The van der Waals surface area contributed by atoms with Gasteiger partial charge in [0, 0.05) is 11.4 Å². The van der Waals surface area contributed by atoms with Crippen molar-refractivity contribution >= 4 is 23.6 Å². The van der Waals surface area contributed by atoms with Gasteiger partial charge in [-0.1, -0.05) is 24.3 Å². The molecule has 6 nitrogen and oxygen atoms in total. The smallest absolute Gasteiger partial charge is 0.138 e. The van der Waals surface area contributed by atoms with Crippen molar-refractivity contribution in [3.63, 3.8) is 0 Å². The monoisotopic (exact) mass is 284 g/mol. The Morgan fingerprint density at radius 1 is 0.714 bits per heavy atom. The molecule has 0 aromatic heterocycles. The van der Waals surface area contributed by atoms with E-state index < -0.39 is 12.2 Å². The van der Waals surface area contributed by atoms with Gasteiger partial charge in [-0.15, -0.1) is 0 Å². The fourth-order valence-electron chi connectivity index (χ4n) is 1.88. The summed E-state index contributed by atoms with van der Waals surface area (Å²) in [4.78, 5) is 20.8. The van der Waals surface area contributed by atoms with Crippen LogP contribution in [-0.4, -0.2) is 12.2 Å². The fourth-order valence-corrected chi connectivity index (χ4v) is 1.88. The van der Waals surface area contributed by atoms with Crippen molar-refractivity contribution in [2.24, 2.45) is 0 Å². The molecule has 2 aromatic rings. The van der Waals surface area contributed by atoms with E-state index in [-0.39, 0.29) is 0 Å². The molecule has 0 radical (unpaired) electrons. The molecule has 0 aliphatic rings. The highest BCUT2D eigenvalue weighted by Crippen LogP contribution is 2.15. The first-order chi connectivity index (χ1) is 10.0. The number of carbonyl (C=O) groups is 2. The lowest BCUT2D eigenvalue weighted by atomic mass is 10.0. The third-order valence-corrected chi connectivity index (χ3v) is 2.81. The molecule has 0 heterocycles. The lowest BCUT2D eigenvalue weighted by molar-refractivity contribution is -0.243. The summed E-state index contributed by atoms with van der Waals surface area (Å²) >= 11 is 0. The number of hydrogen-bond donors (Lipinski definition) is 2. The van der Waals surface area contributed by atoms with E-state index in [2.05, 4.69) is 10.6 Å². The Morgan fingerprint density at radius 3 is 1.33 bits per heavy atom. The predicted molar refractivity (Wildman–Crippen MR) is 73.7 cm³/mol. The highest BCUT2D eigenvalue weighted by molar-refractivity contribution is 5.81. The molecular weight excluding hydrogens is 272 g/mol. The van der Waals surface area contributed by atoms with Crippen molar-refractivity contribution < 1.29 is 19.8 Å². The van der Waals surface area contributed by atoms with Gasteiger partial charge in [0.2, 0.25) is 0 Å². The number of nitrogens with one attached hydrogen (secondary N) is 2. The molecule has 2 N–H and O–H groups in total. The molecule has 0 spiro atoms. The Kier molecular flexibility index (Phi) is 4.40. The Labute approximate surface area is 121 Å². The van der Waals surface area contributed by atoms with Crippen LogP contribution >= 0.6 is 0 Å². The third kappa shape index (κ3) is 4.54. The first kappa shape index (κ1) is 14.4. The van der Waals surface area contributed by atoms with E-state index in [0.29, 0.717) is 17.8 Å². The average molecular weight is 284 g/mol. The predicted octanol–water partition coefficient (Wildman–Crippen LogP) is 0.788. The van der Waals surface area contributed by atoms with E-state index in [9.17, 15) is 19.8 Å². The van der Waals surface area contributed by atoms with Crippen LogP contribution in [0.3, 0.4) is 0 Å². The number of carboxylic acid groups (broad SMARTS) is 2. The van der Waals surface area contributed by atoms with E-state index >= 15 is 0 Å². The summed E-state index contributed by atoms with van der Waals surface area (Å²) in [6.45, 7) is 0. The summed E-state index contributed by atoms with van der Waals surface area (Å²) in [6, 6.07) is 13.8. The molecule has 0 unspecified atom stereocenters. The molecule has 2 rings (SSSR count). The second kappa shape index (κ2) is 6.42. The van der Waals surface area contributed by atoms with Crippen LogP contribution in [0, 0.1) is 0 Å². The Hall–Kier alpha value is -3.02. The molecule has 6 heteroatoms.